The highest BCUT2D eigenvalue weighted by Crippen LogP contribution is 2.35. The van der Waals surface area contributed by atoms with Crippen LogP contribution >= 0.6 is 0 Å². The molecule has 1 aliphatic heterocycles. The summed E-state index contributed by atoms with van der Waals surface area (Å²) in [5, 5.41) is 12.1. The lowest BCUT2D eigenvalue weighted by Crippen LogP contribution is -2.31. The first-order valence-electron chi connectivity index (χ1n) is 7.31. The molecule has 1 fully saturated rings. The SMILES string of the molecule is CC(C)n1cc(S(=O)(=O)N2CCCC2c2nncn2C)cn1. The Kier molecular flexibility index (Phi) is 3.77. The highest BCUT2D eigenvalue weighted by atomic mass is 32.2. The van der Waals surface area contributed by atoms with Gasteiger partial charge in [0.15, 0.2) is 5.82 Å². The van der Waals surface area contributed by atoms with Gasteiger partial charge in [-0.3, -0.25) is 4.68 Å². The zero-order chi connectivity index (χ0) is 15.9. The normalized spacial score (nSPS) is 20.1. The Morgan fingerprint density at radius 2 is 2.14 bits per heavy atom. The second-order valence-electron chi connectivity index (χ2n) is 5.82. The number of aryl methyl sites for hydroxylation is 1. The fourth-order valence-corrected chi connectivity index (χ4v) is 4.35. The van der Waals surface area contributed by atoms with Crippen molar-refractivity contribution in [1.29, 1.82) is 0 Å². The molecule has 0 saturated carbocycles. The van der Waals surface area contributed by atoms with E-state index in [-0.39, 0.29) is 17.0 Å². The topological polar surface area (TPSA) is 85.9 Å². The van der Waals surface area contributed by atoms with Crippen LogP contribution in [-0.4, -0.2) is 43.8 Å². The van der Waals surface area contributed by atoms with Gasteiger partial charge in [0.2, 0.25) is 10.0 Å². The van der Waals surface area contributed by atoms with E-state index in [9.17, 15) is 8.42 Å². The van der Waals surface area contributed by atoms with Crippen LogP contribution in [0.3, 0.4) is 0 Å². The molecule has 0 aromatic carbocycles. The molecule has 1 atom stereocenters. The second-order valence-corrected chi connectivity index (χ2v) is 7.71. The summed E-state index contributed by atoms with van der Waals surface area (Å²) in [5.74, 6) is 0.678. The lowest BCUT2D eigenvalue weighted by atomic mass is 10.2. The van der Waals surface area contributed by atoms with E-state index in [4.69, 9.17) is 0 Å². The predicted octanol–water partition coefficient (Wildman–Crippen LogP) is 1.12. The number of nitrogens with zero attached hydrogens (tertiary/aromatic N) is 6. The monoisotopic (exact) mass is 324 g/mol. The molecule has 8 nitrogen and oxygen atoms in total. The molecule has 0 amide bonds. The van der Waals surface area contributed by atoms with Crippen molar-refractivity contribution in [3.05, 3.63) is 24.5 Å². The van der Waals surface area contributed by atoms with Crippen LogP contribution in [0.5, 0.6) is 0 Å². The van der Waals surface area contributed by atoms with Crippen molar-refractivity contribution in [2.24, 2.45) is 7.05 Å². The number of rotatable bonds is 4. The van der Waals surface area contributed by atoms with Crippen LogP contribution in [0.1, 0.15) is 44.6 Å². The van der Waals surface area contributed by atoms with E-state index in [0.29, 0.717) is 12.4 Å². The van der Waals surface area contributed by atoms with Gasteiger partial charge in [0, 0.05) is 25.8 Å². The molecule has 0 radical (unpaired) electrons. The fraction of sp³-hybridized carbons (Fsp3) is 0.615. The van der Waals surface area contributed by atoms with E-state index in [1.165, 1.54) is 10.5 Å². The van der Waals surface area contributed by atoms with Gasteiger partial charge in [0.1, 0.15) is 11.2 Å². The van der Waals surface area contributed by atoms with E-state index >= 15 is 0 Å². The zero-order valence-electron chi connectivity index (χ0n) is 12.9. The van der Waals surface area contributed by atoms with E-state index in [0.717, 1.165) is 12.8 Å². The molecule has 1 saturated heterocycles. The van der Waals surface area contributed by atoms with Gasteiger partial charge < -0.3 is 4.57 Å². The van der Waals surface area contributed by atoms with Crippen LogP contribution in [0.2, 0.25) is 0 Å². The quantitative estimate of drug-likeness (QED) is 0.841. The van der Waals surface area contributed by atoms with Gasteiger partial charge in [0.05, 0.1) is 12.2 Å². The number of sulfonamides is 1. The Morgan fingerprint density at radius 3 is 2.73 bits per heavy atom. The predicted molar refractivity (Wildman–Crippen MR) is 79.5 cm³/mol. The molecule has 9 heteroatoms. The minimum Gasteiger partial charge on any atom is -0.319 e. The second kappa shape index (κ2) is 5.47. The molecular formula is C13H20N6O2S. The van der Waals surface area contributed by atoms with E-state index in [1.54, 1.807) is 21.8 Å². The van der Waals surface area contributed by atoms with Crippen molar-refractivity contribution in [3.63, 3.8) is 0 Å². The van der Waals surface area contributed by atoms with Gasteiger partial charge in [-0.2, -0.15) is 9.40 Å². The molecule has 1 aliphatic rings. The summed E-state index contributed by atoms with van der Waals surface area (Å²) in [6.07, 6.45) is 6.17. The number of hydrogen-bond acceptors (Lipinski definition) is 5. The summed E-state index contributed by atoms with van der Waals surface area (Å²) in [6, 6.07) is -0.142. The van der Waals surface area contributed by atoms with Gasteiger partial charge in [-0.05, 0) is 26.7 Å². The van der Waals surface area contributed by atoms with Crippen LogP contribution in [0, 0.1) is 0 Å². The maximum atomic E-state index is 12.9. The van der Waals surface area contributed by atoms with Crippen molar-refractivity contribution in [3.8, 4) is 0 Å². The van der Waals surface area contributed by atoms with Gasteiger partial charge in [-0.15, -0.1) is 10.2 Å². The molecule has 2 aromatic heterocycles. The third kappa shape index (κ3) is 2.44. The Bertz CT molecular complexity index is 763. The molecule has 22 heavy (non-hydrogen) atoms. The van der Waals surface area contributed by atoms with Crippen molar-refractivity contribution < 1.29 is 8.42 Å². The van der Waals surface area contributed by atoms with Gasteiger partial charge in [0.25, 0.3) is 0 Å². The average molecular weight is 324 g/mol. The lowest BCUT2D eigenvalue weighted by molar-refractivity contribution is 0.376. The molecule has 3 rings (SSSR count). The smallest absolute Gasteiger partial charge is 0.246 e. The van der Waals surface area contributed by atoms with Crippen LogP contribution in [-0.2, 0) is 17.1 Å². The first kappa shape index (κ1) is 15.2. The van der Waals surface area contributed by atoms with Crippen molar-refractivity contribution in [2.75, 3.05) is 6.54 Å². The molecule has 3 heterocycles. The van der Waals surface area contributed by atoms with Crippen molar-refractivity contribution in [1.82, 2.24) is 28.9 Å². The standard InChI is InChI=1S/C13H20N6O2S/c1-10(2)18-8-11(7-15-18)22(20,21)19-6-4-5-12(19)13-16-14-9-17(13)3/h7-10,12H,4-6H2,1-3H3. The summed E-state index contributed by atoms with van der Waals surface area (Å²) in [7, 11) is -1.75. The largest absolute Gasteiger partial charge is 0.319 e. The Morgan fingerprint density at radius 1 is 1.36 bits per heavy atom. The minimum absolute atomic E-state index is 0.122. The fourth-order valence-electron chi connectivity index (χ4n) is 2.75. The van der Waals surface area contributed by atoms with Crippen LogP contribution in [0.25, 0.3) is 0 Å². The molecule has 2 aromatic rings. The molecule has 1 unspecified atom stereocenters. The summed E-state index contributed by atoms with van der Waals surface area (Å²) in [6.45, 7) is 4.41. The maximum absolute atomic E-state index is 12.9. The van der Waals surface area contributed by atoms with Gasteiger partial charge in [-0.25, -0.2) is 8.42 Å². The van der Waals surface area contributed by atoms with E-state index < -0.39 is 10.0 Å². The molecule has 0 aliphatic carbocycles. The first-order valence-corrected chi connectivity index (χ1v) is 8.75. The molecule has 0 spiro atoms. The lowest BCUT2D eigenvalue weighted by Gasteiger charge is -2.22. The molecule has 0 N–H and O–H groups in total. The summed E-state index contributed by atoms with van der Waals surface area (Å²) in [5.41, 5.74) is 0. The third-order valence-electron chi connectivity index (χ3n) is 3.96. The van der Waals surface area contributed by atoms with Crippen LogP contribution < -0.4 is 0 Å². The van der Waals surface area contributed by atoms with Crippen molar-refractivity contribution in [2.45, 2.75) is 43.7 Å². The van der Waals surface area contributed by atoms with Crippen LogP contribution in [0.15, 0.2) is 23.6 Å². The van der Waals surface area contributed by atoms with Crippen LogP contribution in [0.4, 0.5) is 0 Å². The number of aromatic nitrogens is 5. The Hall–Kier alpha value is -1.74. The molecular weight excluding hydrogens is 304 g/mol. The highest BCUT2D eigenvalue weighted by molar-refractivity contribution is 7.89. The Balaban J connectivity index is 1.95. The molecule has 0 bridgehead atoms. The highest BCUT2D eigenvalue weighted by Gasteiger charge is 2.39. The first-order chi connectivity index (χ1) is 10.4. The molecule has 120 valence electrons. The summed E-state index contributed by atoms with van der Waals surface area (Å²) < 4.78 is 30.7. The maximum Gasteiger partial charge on any atom is 0.246 e. The minimum atomic E-state index is -3.57. The van der Waals surface area contributed by atoms with Crippen molar-refractivity contribution >= 4 is 10.0 Å². The van der Waals surface area contributed by atoms with Gasteiger partial charge in [-0.1, -0.05) is 0 Å². The van der Waals surface area contributed by atoms with E-state index in [2.05, 4.69) is 15.3 Å². The number of hydrogen-bond donors (Lipinski definition) is 0. The van der Waals surface area contributed by atoms with Gasteiger partial charge >= 0.3 is 0 Å². The van der Waals surface area contributed by atoms with E-state index in [1.807, 2.05) is 20.9 Å². The Labute approximate surface area is 129 Å². The summed E-state index contributed by atoms with van der Waals surface area (Å²) in [4.78, 5) is 0.232. The zero-order valence-corrected chi connectivity index (χ0v) is 13.7. The average Bonchev–Trinajstić information content (AvgIpc) is 3.18. The third-order valence-corrected chi connectivity index (χ3v) is 5.82. The summed E-state index contributed by atoms with van der Waals surface area (Å²) >= 11 is 0.